The highest BCUT2D eigenvalue weighted by atomic mass is 32.2. The predicted molar refractivity (Wildman–Crippen MR) is 274 cm³/mol. The van der Waals surface area contributed by atoms with E-state index in [0.29, 0.717) is 55.7 Å². The number of benzene rings is 7. The van der Waals surface area contributed by atoms with Crippen LogP contribution in [-0.2, 0) is 40.5 Å². The summed E-state index contributed by atoms with van der Waals surface area (Å²) in [7, 11) is -18.0. The van der Waals surface area contributed by atoms with Gasteiger partial charge in [0.15, 0.2) is 0 Å². The summed E-state index contributed by atoms with van der Waals surface area (Å²) in [4.78, 5) is -1.15. The van der Waals surface area contributed by atoms with Gasteiger partial charge in [0.25, 0.3) is 40.5 Å². The monoisotopic (exact) mass is 1010 g/mol. The van der Waals surface area contributed by atoms with E-state index in [9.17, 15) is 51.9 Å². The van der Waals surface area contributed by atoms with Crippen molar-refractivity contribution in [3.8, 4) is 0 Å². The summed E-state index contributed by atoms with van der Waals surface area (Å²) in [6.07, 6.45) is 0. The van der Waals surface area contributed by atoms with Crippen LogP contribution in [0, 0.1) is 0 Å². The molecule has 0 unspecified atom stereocenters. The molecule has 0 atom stereocenters. The molecule has 0 fully saturated rings. The normalized spacial score (nSPS) is 13.9. The lowest BCUT2D eigenvalue weighted by atomic mass is 9.80. The molecular weight excluding hydrogens is 969 g/mol. The Bertz CT molecular complexity index is 3450. The molecule has 7 aromatic rings. The molecule has 0 radical (unpaired) electrons. The standard InChI is InChI=1S/C54H46O12S4/c1-35(39-19-27-47(28-20-39)67(55,56)57)51(43-11-7-5-8-12-43)53(37(3)41-23-31-49(32-24-41)69(61,62)63)45-15-17-46(18-16-45)54(38(4)42-25-33-50(34-26-42)70(64,65)66)52(44-13-9-6-10-14-44)36(2)40-21-29-48(30-22-40)68(58,59)60/h5-34H,1-4H3,(H,55,56,57)(H,58,59,60)(H,61,62,63)(H,64,65,66)/b51-35+,52-36+,53-37+,54-38+. The number of allylic oxidation sites excluding steroid dienone is 8. The lowest BCUT2D eigenvalue weighted by Crippen LogP contribution is -2.02. The van der Waals surface area contributed by atoms with E-state index in [1.54, 1.807) is 48.5 Å². The van der Waals surface area contributed by atoms with Gasteiger partial charge >= 0.3 is 0 Å². The molecule has 4 N–H and O–H groups in total. The summed E-state index contributed by atoms with van der Waals surface area (Å²) >= 11 is 0. The largest absolute Gasteiger partial charge is 0.294 e. The van der Waals surface area contributed by atoms with Crippen LogP contribution in [-0.4, -0.2) is 51.9 Å². The molecule has 0 aliphatic rings. The van der Waals surface area contributed by atoms with E-state index in [1.165, 1.54) is 48.5 Å². The van der Waals surface area contributed by atoms with Crippen molar-refractivity contribution in [3.63, 3.8) is 0 Å². The molecule has 0 amide bonds. The van der Waals surface area contributed by atoms with Gasteiger partial charge in [0.2, 0.25) is 0 Å². The van der Waals surface area contributed by atoms with Gasteiger partial charge in [-0.05, 0) is 165 Å². The molecule has 16 heteroatoms. The van der Waals surface area contributed by atoms with E-state index < -0.39 is 40.5 Å². The molecule has 7 aromatic carbocycles. The van der Waals surface area contributed by atoms with E-state index in [0.717, 1.165) is 33.4 Å². The molecular formula is C54H46O12S4. The van der Waals surface area contributed by atoms with Crippen LogP contribution in [0.1, 0.15) is 72.2 Å². The van der Waals surface area contributed by atoms with Crippen molar-refractivity contribution in [1.82, 2.24) is 0 Å². The third-order valence-corrected chi connectivity index (χ3v) is 15.4. The van der Waals surface area contributed by atoms with Crippen LogP contribution in [0.3, 0.4) is 0 Å². The predicted octanol–water partition coefficient (Wildman–Crippen LogP) is 11.8. The van der Waals surface area contributed by atoms with Gasteiger partial charge < -0.3 is 0 Å². The maximum absolute atomic E-state index is 12.1. The number of hydrogen-bond acceptors (Lipinski definition) is 8. The topological polar surface area (TPSA) is 217 Å². The zero-order valence-electron chi connectivity index (χ0n) is 38.0. The first-order valence-corrected chi connectivity index (χ1v) is 27.1. The molecule has 0 aliphatic carbocycles. The second-order valence-electron chi connectivity index (χ2n) is 16.3. The quantitative estimate of drug-likeness (QED) is 0.0454. The van der Waals surface area contributed by atoms with Crippen LogP contribution in [0.15, 0.2) is 202 Å². The minimum atomic E-state index is -4.51. The van der Waals surface area contributed by atoms with Crippen molar-refractivity contribution in [2.75, 3.05) is 0 Å². The Labute approximate surface area is 408 Å². The summed E-state index contributed by atoms with van der Waals surface area (Å²) in [5.74, 6) is 0. The fourth-order valence-electron chi connectivity index (χ4n) is 8.29. The van der Waals surface area contributed by atoms with Crippen LogP contribution in [0.5, 0.6) is 0 Å². The number of rotatable bonds is 14. The molecule has 0 aromatic heterocycles. The average molecular weight is 1020 g/mol. The van der Waals surface area contributed by atoms with Gasteiger partial charge in [0.1, 0.15) is 0 Å². The maximum Gasteiger partial charge on any atom is 0.294 e. The van der Waals surface area contributed by atoms with E-state index in [-0.39, 0.29) is 19.6 Å². The van der Waals surface area contributed by atoms with Gasteiger partial charge in [-0.1, -0.05) is 133 Å². The van der Waals surface area contributed by atoms with Gasteiger partial charge in [-0.2, -0.15) is 33.7 Å². The Morgan fingerprint density at radius 2 is 0.400 bits per heavy atom. The summed E-state index contributed by atoms with van der Waals surface area (Å²) in [6, 6.07) is 49.8. The Morgan fingerprint density at radius 1 is 0.243 bits per heavy atom. The van der Waals surface area contributed by atoms with Crippen LogP contribution in [0.25, 0.3) is 44.6 Å². The first-order valence-electron chi connectivity index (χ1n) is 21.3. The molecule has 0 aliphatic heterocycles. The van der Waals surface area contributed by atoms with Crippen molar-refractivity contribution in [2.24, 2.45) is 0 Å². The molecule has 358 valence electrons. The highest BCUT2D eigenvalue weighted by Gasteiger charge is 2.24. The van der Waals surface area contributed by atoms with Crippen molar-refractivity contribution in [2.45, 2.75) is 47.3 Å². The van der Waals surface area contributed by atoms with Crippen LogP contribution < -0.4 is 0 Å². The van der Waals surface area contributed by atoms with Crippen molar-refractivity contribution < 1.29 is 51.9 Å². The fraction of sp³-hybridized carbons (Fsp3) is 0.0741. The summed E-state index contributed by atoms with van der Waals surface area (Å²) in [5, 5.41) is 0. The molecule has 0 bridgehead atoms. The smallest absolute Gasteiger partial charge is 0.282 e. The second kappa shape index (κ2) is 20.2. The molecule has 0 heterocycles. The molecule has 0 spiro atoms. The average Bonchev–Trinajstić information content (AvgIpc) is 3.34. The van der Waals surface area contributed by atoms with Crippen molar-refractivity contribution >= 4 is 85.1 Å². The lowest BCUT2D eigenvalue weighted by molar-refractivity contribution is 0.481. The van der Waals surface area contributed by atoms with Crippen LogP contribution in [0.4, 0.5) is 0 Å². The molecule has 7 rings (SSSR count). The van der Waals surface area contributed by atoms with E-state index in [1.807, 2.05) is 113 Å². The summed E-state index contributed by atoms with van der Waals surface area (Å²) in [5.41, 5.74) is 11.1. The fourth-order valence-corrected chi connectivity index (χ4v) is 10.2. The Hall–Kier alpha value is -6.86. The first kappa shape index (κ1) is 51.0. The van der Waals surface area contributed by atoms with Gasteiger partial charge in [0.05, 0.1) is 19.6 Å². The first-order chi connectivity index (χ1) is 32.9. The minimum Gasteiger partial charge on any atom is -0.282 e. The zero-order valence-corrected chi connectivity index (χ0v) is 41.3. The summed E-state index contributed by atoms with van der Waals surface area (Å²) in [6.45, 7) is 7.52. The highest BCUT2D eigenvalue weighted by Crippen LogP contribution is 2.45. The minimum absolute atomic E-state index is 0.283. The molecule has 0 saturated heterocycles. The van der Waals surface area contributed by atoms with Gasteiger partial charge in [0, 0.05) is 0 Å². The van der Waals surface area contributed by atoms with E-state index in [2.05, 4.69) is 0 Å². The SMILES string of the molecule is C/C(=C(\C(=C(/C)c1ccc(S(=O)(=O)O)cc1)c1ccc(C(=C(/C)c2ccc(S(=O)(=O)O)cc2)/C(=C(\C)c2ccc(S(=O)(=O)O)cc2)c2ccccc2)cc1)c1ccccc1)c1ccc(S(=O)(=O)O)cc1. The maximum atomic E-state index is 12.1. The van der Waals surface area contributed by atoms with Gasteiger partial charge in [-0.25, -0.2) is 0 Å². The van der Waals surface area contributed by atoms with Crippen LogP contribution in [0.2, 0.25) is 0 Å². The Morgan fingerprint density at radius 3 is 0.571 bits per heavy atom. The number of hydrogen-bond donors (Lipinski definition) is 4. The van der Waals surface area contributed by atoms with Gasteiger partial charge in [-0.3, -0.25) is 18.2 Å². The zero-order chi connectivity index (χ0) is 50.8. The summed E-state index contributed by atoms with van der Waals surface area (Å²) < 4.78 is 136. The second-order valence-corrected chi connectivity index (χ2v) is 22.0. The molecule has 0 saturated carbocycles. The van der Waals surface area contributed by atoms with E-state index in [4.69, 9.17) is 0 Å². The Balaban J connectivity index is 1.54. The third kappa shape index (κ3) is 11.4. The lowest BCUT2D eigenvalue weighted by Gasteiger charge is -2.23. The molecule has 70 heavy (non-hydrogen) atoms. The molecule has 12 nitrogen and oxygen atoms in total. The third-order valence-electron chi connectivity index (χ3n) is 11.9. The van der Waals surface area contributed by atoms with Crippen molar-refractivity contribution in [3.05, 3.63) is 226 Å². The highest BCUT2D eigenvalue weighted by molar-refractivity contribution is 7.86. The Kier molecular flexibility index (Phi) is 14.7. The van der Waals surface area contributed by atoms with E-state index >= 15 is 0 Å². The van der Waals surface area contributed by atoms with Crippen LogP contribution >= 0.6 is 0 Å². The van der Waals surface area contributed by atoms with Crippen molar-refractivity contribution in [1.29, 1.82) is 0 Å². The van der Waals surface area contributed by atoms with Gasteiger partial charge in [-0.15, -0.1) is 0 Å².